The van der Waals surface area contributed by atoms with Gasteiger partial charge in [0.05, 0.1) is 0 Å². The van der Waals surface area contributed by atoms with E-state index in [1.54, 1.807) is 0 Å². The van der Waals surface area contributed by atoms with Crippen LogP contribution in [0.4, 0.5) is 8.78 Å². The molecule has 1 heterocycles. The smallest absolute Gasteiger partial charge is 0.123 e. The molecule has 0 amide bonds. The number of hydrogen-bond donors (Lipinski definition) is 1. The molecule has 2 aromatic rings. The summed E-state index contributed by atoms with van der Waals surface area (Å²) in [5.74, 6) is 0.0666. The Balaban J connectivity index is 1.84. The third-order valence-corrected chi connectivity index (χ3v) is 5.04. The molecule has 0 spiro atoms. The van der Waals surface area contributed by atoms with Gasteiger partial charge in [0, 0.05) is 25.0 Å². The van der Waals surface area contributed by atoms with Crippen molar-refractivity contribution in [3.05, 3.63) is 71.3 Å². The average Bonchev–Trinajstić information content (AvgIpc) is 2.58. The van der Waals surface area contributed by atoms with E-state index < -0.39 is 0 Å². The molecule has 4 heteroatoms. The van der Waals surface area contributed by atoms with Crippen LogP contribution in [0, 0.1) is 17.6 Å². The maximum absolute atomic E-state index is 13.3. The van der Waals surface area contributed by atoms with E-state index in [2.05, 4.69) is 11.8 Å². The zero-order chi connectivity index (χ0) is 17.1. The normalized spacial score (nSPS) is 22.0. The number of hydrogen-bond acceptors (Lipinski definition) is 2. The molecule has 0 aromatic heterocycles. The van der Waals surface area contributed by atoms with Gasteiger partial charge in [-0.1, -0.05) is 31.2 Å². The first kappa shape index (κ1) is 17.1. The highest BCUT2D eigenvalue weighted by Gasteiger charge is 2.26. The highest BCUT2D eigenvalue weighted by Crippen LogP contribution is 2.28. The number of rotatable bonds is 4. The molecule has 128 valence electrons. The van der Waals surface area contributed by atoms with E-state index in [1.165, 1.54) is 24.3 Å². The Morgan fingerprint density at radius 3 is 1.96 bits per heavy atom. The second-order valence-electron chi connectivity index (χ2n) is 6.85. The molecule has 1 fully saturated rings. The number of nitrogens with two attached hydrogens (primary N) is 1. The van der Waals surface area contributed by atoms with Crippen molar-refractivity contribution in [2.45, 2.75) is 25.3 Å². The Hall–Kier alpha value is -1.78. The van der Waals surface area contributed by atoms with Gasteiger partial charge < -0.3 is 10.6 Å². The zero-order valence-electron chi connectivity index (χ0n) is 14.0. The summed E-state index contributed by atoms with van der Waals surface area (Å²) in [6.45, 7) is 4.93. The molecule has 3 rings (SSSR count). The van der Waals surface area contributed by atoms with Gasteiger partial charge in [0.2, 0.25) is 0 Å². The van der Waals surface area contributed by atoms with Gasteiger partial charge in [-0.2, -0.15) is 0 Å². The SMILES string of the molecule is CC1CN(CC(c2ccc(F)cc2)c2ccc(F)cc2)CCC1N. The molecular formula is C20H24F2N2. The van der Waals surface area contributed by atoms with Crippen molar-refractivity contribution in [3.8, 4) is 0 Å². The van der Waals surface area contributed by atoms with Gasteiger partial charge in [-0.15, -0.1) is 0 Å². The Morgan fingerprint density at radius 2 is 1.50 bits per heavy atom. The molecule has 0 bridgehead atoms. The van der Waals surface area contributed by atoms with Gasteiger partial charge in [0.15, 0.2) is 0 Å². The lowest BCUT2D eigenvalue weighted by atomic mass is 9.88. The van der Waals surface area contributed by atoms with Gasteiger partial charge in [-0.25, -0.2) is 8.78 Å². The lowest BCUT2D eigenvalue weighted by Gasteiger charge is -2.37. The van der Waals surface area contributed by atoms with E-state index in [0.29, 0.717) is 5.92 Å². The Bertz CT molecular complexity index is 609. The molecule has 2 N–H and O–H groups in total. The maximum Gasteiger partial charge on any atom is 0.123 e. The van der Waals surface area contributed by atoms with Crippen molar-refractivity contribution >= 4 is 0 Å². The van der Waals surface area contributed by atoms with Gasteiger partial charge in [-0.3, -0.25) is 0 Å². The monoisotopic (exact) mass is 330 g/mol. The van der Waals surface area contributed by atoms with Crippen LogP contribution < -0.4 is 5.73 Å². The van der Waals surface area contributed by atoms with E-state index >= 15 is 0 Å². The summed E-state index contributed by atoms with van der Waals surface area (Å²) in [6, 6.07) is 13.5. The number of piperidine rings is 1. The fourth-order valence-electron chi connectivity index (χ4n) is 3.47. The lowest BCUT2D eigenvalue weighted by Crippen LogP contribution is -2.47. The Kier molecular flexibility index (Phi) is 5.27. The minimum absolute atomic E-state index is 0.0905. The number of halogens is 2. The van der Waals surface area contributed by atoms with Gasteiger partial charge in [-0.05, 0) is 54.3 Å². The first-order valence-corrected chi connectivity index (χ1v) is 8.52. The standard InChI is InChI=1S/C20H24F2N2/c1-14-12-24(11-10-20(14)23)13-19(15-2-6-17(21)7-3-15)16-4-8-18(22)9-5-16/h2-9,14,19-20H,10-13,23H2,1H3. The van der Waals surface area contributed by atoms with Crippen LogP contribution in [0.5, 0.6) is 0 Å². The molecular weight excluding hydrogens is 306 g/mol. The average molecular weight is 330 g/mol. The Morgan fingerprint density at radius 1 is 1.00 bits per heavy atom. The summed E-state index contributed by atoms with van der Waals surface area (Å²) >= 11 is 0. The molecule has 1 saturated heterocycles. The topological polar surface area (TPSA) is 29.3 Å². The number of likely N-dealkylation sites (tertiary alicyclic amines) is 1. The van der Waals surface area contributed by atoms with Crippen LogP contribution in [0.3, 0.4) is 0 Å². The third-order valence-electron chi connectivity index (χ3n) is 5.04. The van der Waals surface area contributed by atoms with Crippen LogP contribution >= 0.6 is 0 Å². The van der Waals surface area contributed by atoms with Gasteiger partial charge in [0.25, 0.3) is 0 Å². The van der Waals surface area contributed by atoms with Crippen molar-refractivity contribution < 1.29 is 8.78 Å². The second-order valence-corrected chi connectivity index (χ2v) is 6.85. The summed E-state index contributed by atoms with van der Waals surface area (Å²) in [7, 11) is 0. The maximum atomic E-state index is 13.3. The quantitative estimate of drug-likeness (QED) is 0.925. The molecule has 24 heavy (non-hydrogen) atoms. The first-order chi connectivity index (χ1) is 11.5. The number of nitrogens with zero attached hydrogens (tertiary/aromatic N) is 1. The molecule has 2 nitrogen and oxygen atoms in total. The zero-order valence-corrected chi connectivity index (χ0v) is 14.0. The summed E-state index contributed by atoms with van der Waals surface area (Å²) in [5.41, 5.74) is 8.21. The molecule has 1 aliphatic heterocycles. The van der Waals surface area contributed by atoms with Crippen molar-refractivity contribution in [3.63, 3.8) is 0 Å². The van der Waals surface area contributed by atoms with Crippen LogP contribution in [0.15, 0.2) is 48.5 Å². The molecule has 2 atom stereocenters. The second kappa shape index (κ2) is 7.41. The highest BCUT2D eigenvalue weighted by atomic mass is 19.1. The van der Waals surface area contributed by atoms with Crippen LogP contribution in [0.1, 0.15) is 30.4 Å². The minimum Gasteiger partial charge on any atom is -0.327 e. The molecule has 2 aromatic carbocycles. The summed E-state index contributed by atoms with van der Waals surface area (Å²) in [4.78, 5) is 2.41. The van der Waals surface area contributed by atoms with Crippen LogP contribution in [0.25, 0.3) is 0 Å². The molecule has 2 unspecified atom stereocenters. The van der Waals surface area contributed by atoms with Crippen LogP contribution in [-0.4, -0.2) is 30.6 Å². The van der Waals surface area contributed by atoms with Crippen LogP contribution in [-0.2, 0) is 0 Å². The van der Waals surface area contributed by atoms with E-state index in [4.69, 9.17) is 5.73 Å². The molecule has 0 aliphatic carbocycles. The van der Waals surface area contributed by atoms with E-state index in [9.17, 15) is 8.78 Å². The summed E-state index contributed by atoms with van der Waals surface area (Å²) < 4.78 is 26.6. The number of benzene rings is 2. The molecule has 1 aliphatic rings. The van der Waals surface area contributed by atoms with Crippen molar-refractivity contribution in [1.29, 1.82) is 0 Å². The van der Waals surface area contributed by atoms with Crippen molar-refractivity contribution in [2.75, 3.05) is 19.6 Å². The Labute approximate surface area is 142 Å². The van der Waals surface area contributed by atoms with E-state index in [0.717, 1.165) is 37.2 Å². The predicted molar refractivity (Wildman–Crippen MR) is 92.8 cm³/mol. The summed E-state index contributed by atoms with van der Waals surface area (Å²) in [5, 5.41) is 0. The van der Waals surface area contributed by atoms with Crippen LogP contribution in [0.2, 0.25) is 0 Å². The van der Waals surface area contributed by atoms with Crippen molar-refractivity contribution in [2.24, 2.45) is 11.7 Å². The first-order valence-electron chi connectivity index (χ1n) is 8.52. The largest absolute Gasteiger partial charge is 0.327 e. The lowest BCUT2D eigenvalue weighted by molar-refractivity contribution is 0.160. The van der Waals surface area contributed by atoms with Crippen molar-refractivity contribution in [1.82, 2.24) is 4.90 Å². The summed E-state index contributed by atoms with van der Waals surface area (Å²) in [6.07, 6.45) is 0.987. The molecule has 0 radical (unpaired) electrons. The predicted octanol–water partition coefficient (Wildman–Crippen LogP) is 3.77. The fourth-order valence-corrected chi connectivity index (χ4v) is 3.47. The highest BCUT2D eigenvalue weighted by molar-refractivity contribution is 5.33. The minimum atomic E-state index is -0.242. The van der Waals surface area contributed by atoms with Gasteiger partial charge in [0.1, 0.15) is 11.6 Å². The van der Waals surface area contributed by atoms with Gasteiger partial charge >= 0.3 is 0 Å². The fraction of sp³-hybridized carbons (Fsp3) is 0.400. The molecule has 0 saturated carbocycles. The van der Waals surface area contributed by atoms with E-state index in [-0.39, 0.29) is 23.6 Å². The van der Waals surface area contributed by atoms with E-state index in [1.807, 2.05) is 24.3 Å². The third kappa shape index (κ3) is 4.00.